The molecule has 0 saturated carbocycles. The monoisotopic (exact) mass is 576 g/mol. The van der Waals surface area contributed by atoms with Gasteiger partial charge in [-0.3, -0.25) is 4.79 Å². The molecule has 0 aliphatic rings. The van der Waals surface area contributed by atoms with E-state index >= 15 is 0 Å². The van der Waals surface area contributed by atoms with Gasteiger partial charge in [-0.2, -0.15) is 5.26 Å². The van der Waals surface area contributed by atoms with Crippen LogP contribution in [-0.2, 0) is 11.4 Å². The van der Waals surface area contributed by atoms with Crippen LogP contribution in [0, 0.1) is 20.7 Å². The van der Waals surface area contributed by atoms with Crippen molar-refractivity contribution in [3.8, 4) is 17.6 Å². The summed E-state index contributed by atoms with van der Waals surface area (Å²) in [5, 5.41) is 12.7. The summed E-state index contributed by atoms with van der Waals surface area (Å²) in [4.78, 5) is 12.6. The van der Waals surface area contributed by atoms with Crippen LogP contribution in [0.3, 0.4) is 0 Å². The van der Waals surface area contributed by atoms with Gasteiger partial charge in [0, 0.05) is 10.7 Å². The first kappa shape index (κ1) is 24.6. The minimum atomic E-state index is -0.556. The van der Waals surface area contributed by atoms with Gasteiger partial charge in [-0.05, 0) is 89.2 Å². The van der Waals surface area contributed by atoms with Crippen molar-refractivity contribution in [2.24, 2.45) is 0 Å². The molecule has 168 valence electrons. The minimum absolute atomic E-state index is 0.0818. The van der Waals surface area contributed by atoms with Gasteiger partial charge in [0.25, 0.3) is 5.91 Å². The lowest BCUT2D eigenvalue weighted by Crippen LogP contribution is -2.13. The van der Waals surface area contributed by atoms with Crippen LogP contribution in [0.15, 0.2) is 66.2 Å². The molecule has 0 bridgehead atoms. The van der Waals surface area contributed by atoms with Crippen LogP contribution in [0.4, 0.5) is 10.1 Å². The number of halogens is 3. The molecule has 8 heteroatoms. The molecule has 0 aromatic heterocycles. The zero-order valence-electron chi connectivity index (χ0n) is 17.6. The summed E-state index contributed by atoms with van der Waals surface area (Å²) in [5.41, 5.74) is 1.68. The van der Waals surface area contributed by atoms with E-state index in [4.69, 9.17) is 21.1 Å². The Morgan fingerprint density at radius 1 is 1.18 bits per heavy atom. The Labute approximate surface area is 209 Å². The second-order valence-corrected chi connectivity index (χ2v) is 8.41. The molecule has 5 nitrogen and oxygen atoms in total. The Bertz CT molecular complexity index is 1240. The van der Waals surface area contributed by atoms with E-state index in [1.54, 1.807) is 48.5 Å². The lowest BCUT2D eigenvalue weighted by molar-refractivity contribution is -0.112. The molecule has 3 aromatic rings. The predicted molar refractivity (Wildman–Crippen MR) is 135 cm³/mol. The third-order valence-electron chi connectivity index (χ3n) is 4.36. The second-order valence-electron chi connectivity index (χ2n) is 6.82. The number of hydrogen-bond donors (Lipinski definition) is 1. The van der Waals surface area contributed by atoms with E-state index in [1.807, 2.05) is 13.0 Å². The highest BCUT2D eigenvalue weighted by atomic mass is 127. The van der Waals surface area contributed by atoms with Crippen molar-refractivity contribution in [2.45, 2.75) is 13.5 Å². The molecule has 33 heavy (non-hydrogen) atoms. The molecule has 0 saturated heterocycles. The van der Waals surface area contributed by atoms with Gasteiger partial charge in [0.1, 0.15) is 24.1 Å². The molecule has 3 rings (SSSR count). The van der Waals surface area contributed by atoms with Crippen LogP contribution in [0.25, 0.3) is 6.08 Å². The molecule has 0 atom stereocenters. The van der Waals surface area contributed by atoms with Crippen LogP contribution in [0.5, 0.6) is 11.5 Å². The minimum Gasteiger partial charge on any atom is -0.490 e. The van der Waals surface area contributed by atoms with Crippen molar-refractivity contribution in [2.75, 3.05) is 11.9 Å². The average molecular weight is 577 g/mol. The van der Waals surface area contributed by atoms with Gasteiger partial charge in [-0.15, -0.1) is 0 Å². The number of anilines is 1. The number of hydrogen-bond acceptors (Lipinski definition) is 4. The fourth-order valence-corrected chi connectivity index (χ4v) is 3.91. The van der Waals surface area contributed by atoms with Crippen LogP contribution in [0.1, 0.15) is 18.1 Å². The molecule has 0 spiro atoms. The molecule has 0 radical (unpaired) electrons. The highest BCUT2D eigenvalue weighted by molar-refractivity contribution is 14.1. The van der Waals surface area contributed by atoms with Crippen molar-refractivity contribution in [1.29, 1.82) is 5.26 Å². The van der Waals surface area contributed by atoms with E-state index in [-0.39, 0.29) is 18.0 Å². The lowest BCUT2D eigenvalue weighted by Gasteiger charge is -2.15. The summed E-state index contributed by atoms with van der Waals surface area (Å²) in [6.45, 7) is 2.39. The number of rotatable bonds is 8. The first-order valence-corrected chi connectivity index (χ1v) is 11.4. The Kier molecular flexibility index (Phi) is 8.69. The van der Waals surface area contributed by atoms with Gasteiger partial charge in [-0.25, -0.2) is 4.39 Å². The third kappa shape index (κ3) is 6.94. The number of ether oxygens (including phenoxy) is 2. The molecule has 1 amide bonds. The van der Waals surface area contributed by atoms with E-state index in [0.29, 0.717) is 43.5 Å². The van der Waals surface area contributed by atoms with Crippen molar-refractivity contribution < 1.29 is 18.7 Å². The van der Waals surface area contributed by atoms with Gasteiger partial charge >= 0.3 is 0 Å². The number of carbonyl (C=O) groups excluding carboxylic acids is 1. The Hall–Kier alpha value is -3.09. The van der Waals surface area contributed by atoms with Crippen molar-refractivity contribution >= 4 is 51.9 Å². The Morgan fingerprint density at radius 2 is 1.97 bits per heavy atom. The summed E-state index contributed by atoms with van der Waals surface area (Å²) < 4.78 is 25.8. The largest absolute Gasteiger partial charge is 0.490 e. The van der Waals surface area contributed by atoms with Gasteiger partial charge in [0.2, 0.25) is 0 Å². The summed E-state index contributed by atoms with van der Waals surface area (Å²) in [6.07, 6.45) is 1.47. The maximum Gasteiger partial charge on any atom is 0.266 e. The fraction of sp³-hybridized carbons (Fsp3) is 0.120. The third-order valence-corrected chi connectivity index (χ3v) is 5.40. The van der Waals surface area contributed by atoms with Gasteiger partial charge in [0.15, 0.2) is 11.5 Å². The normalized spacial score (nSPS) is 10.9. The maximum atomic E-state index is 13.4. The zero-order valence-corrected chi connectivity index (χ0v) is 20.5. The quantitative estimate of drug-likeness (QED) is 0.186. The molecular weight excluding hydrogens is 558 g/mol. The molecule has 3 aromatic carbocycles. The first-order valence-electron chi connectivity index (χ1n) is 9.92. The molecule has 0 heterocycles. The zero-order chi connectivity index (χ0) is 23.8. The van der Waals surface area contributed by atoms with Crippen molar-refractivity contribution in [3.63, 3.8) is 0 Å². The number of carbonyl (C=O) groups is 1. The summed E-state index contributed by atoms with van der Waals surface area (Å²) >= 11 is 8.04. The lowest BCUT2D eigenvalue weighted by atomic mass is 10.1. The van der Waals surface area contributed by atoms with E-state index in [9.17, 15) is 14.4 Å². The number of amides is 1. The Balaban J connectivity index is 1.85. The molecule has 0 aliphatic heterocycles. The van der Waals surface area contributed by atoms with Gasteiger partial charge < -0.3 is 14.8 Å². The number of nitrogens with one attached hydrogen (secondary N) is 1. The van der Waals surface area contributed by atoms with E-state index < -0.39 is 5.91 Å². The van der Waals surface area contributed by atoms with Crippen LogP contribution in [-0.4, -0.2) is 12.5 Å². The predicted octanol–water partition coefficient (Wildman–Crippen LogP) is 6.61. The van der Waals surface area contributed by atoms with Crippen LogP contribution < -0.4 is 14.8 Å². The van der Waals surface area contributed by atoms with Crippen LogP contribution in [0.2, 0.25) is 5.02 Å². The number of benzene rings is 3. The maximum absolute atomic E-state index is 13.4. The topological polar surface area (TPSA) is 71.3 Å². The molecule has 1 N–H and O–H groups in total. The van der Waals surface area contributed by atoms with Gasteiger partial charge in [-0.1, -0.05) is 29.8 Å². The molecule has 0 fully saturated rings. The fourth-order valence-electron chi connectivity index (χ4n) is 2.94. The van der Waals surface area contributed by atoms with E-state index in [1.165, 1.54) is 18.2 Å². The summed E-state index contributed by atoms with van der Waals surface area (Å²) in [5.74, 6) is 0.0657. The SMILES string of the molecule is CCOc1cc(/C=C(\C#N)C(=O)Nc2cccc(Cl)c2)cc(I)c1OCc1cccc(F)c1. The second kappa shape index (κ2) is 11.7. The van der Waals surface area contributed by atoms with Crippen molar-refractivity contribution in [3.05, 3.63) is 91.8 Å². The Morgan fingerprint density at radius 3 is 2.67 bits per heavy atom. The van der Waals surface area contributed by atoms with Gasteiger partial charge in [0.05, 0.1) is 10.2 Å². The number of nitrogens with zero attached hydrogens (tertiary/aromatic N) is 1. The summed E-state index contributed by atoms with van der Waals surface area (Å²) in [7, 11) is 0. The summed E-state index contributed by atoms with van der Waals surface area (Å²) in [6, 6.07) is 18.2. The van der Waals surface area contributed by atoms with Crippen molar-refractivity contribution in [1.82, 2.24) is 0 Å². The average Bonchev–Trinajstić information content (AvgIpc) is 2.77. The smallest absolute Gasteiger partial charge is 0.266 e. The molecule has 0 unspecified atom stereocenters. The highest BCUT2D eigenvalue weighted by Crippen LogP contribution is 2.35. The van der Waals surface area contributed by atoms with E-state index in [2.05, 4.69) is 27.9 Å². The first-order chi connectivity index (χ1) is 15.9. The van der Waals surface area contributed by atoms with E-state index in [0.717, 1.165) is 0 Å². The van der Waals surface area contributed by atoms with Crippen LogP contribution >= 0.6 is 34.2 Å². The molecule has 0 aliphatic carbocycles. The number of nitriles is 1. The highest BCUT2D eigenvalue weighted by Gasteiger charge is 2.15. The standard InChI is InChI=1S/C25H19ClFIN2O3/c1-2-32-23-12-17(9-18(14-29)25(31)30-21-8-4-6-19(26)13-21)11-22(28)24(23)33-15-16-5-3-7-20(27)10-16/h3-13H,2,15H2,1H3,(H,30,31)/b18-9+. The molecular formula is C25H19ClFIN2O3.